The van der Waals surface area contributed by atoms with Crippen molar-refractivity contribution in [2.75, 3.05) is 7.11 Å². The van der Waals surface area contributed by atoms with E-state index in [9.17, 15) is 4.79 Å². The van der Waals surface area contributed by atoms with Crippen LogP contribution in [-0.4, -0.2) is 24.2 Å². The molecule has 0 spiro atoms. The maximum absolute atomic E-state index is 12.3. The summed E-state index contributed by atoms with van der Waals surface area (Å²) in [6.45, 7) is 0. The van der Waals surface area contributed by atoms with Gasteiger partial charge in [-0.2, -0.15) is 5.10 Å². The number of ether oxygens (including phenoxy) is 1. The zero-order valence-corrected chi connectivity index (χ0v) is 15.5. The molecule has 0 aliphatic heterocycles. The van der Waals surface area contributed by atoms with Crippen LogP contribution in [0.1, 0.15) is 23.5 Å². The third kappa shape index (κ3) is 3.78. The van der Waals surface area contributed by atoms with Gasteiger partial charge in [0, 0.05) is 16.9 Å². The van der Waals surface area contributed by atoms with Crippen molar-refractivity contribution in [2.45, 2.75) is 12.3 Å². The largest absolute Gasteiger partial charge is 0.497 e. The van der Waals surface area contributed by atoms with Gasteiger partial charge in [0.1, 0.15) is 10.9 Å². The summed E-state index contributed by atoms with van der Waals surface area (Å²) < 4.78 is 5.23. The SMILES string of the molecule is COc1ccc2nc(Cl)c(/C=N\NC(=O)[C@H]3C[C@@H]3c3ccccc3)cc2c1. The fraction of sp³-hybridized carbons (Fsp3) is 0.190. The van der Waals surface area contributed by atoms with E-state index in [-0.39, 0.29) is 17.7 Å². The van der Waals surface area contributed by atoms with Gasteiger partial charge in [0.15, 0.2) is 0 Å². The molecule has 27 heavy (non-hydrogen) atoms. The number of carbonyl (C=O) groups is 1. The predicted molar refractivity (Wildman–Crippen MR) is 106 cm³/mol. The Morgan fingerprint density at radius 3 is 2.85 bits per heavy atom. The molecule has 6 heteroatoms. The number of nitrogens with zero attached hydrogens (tertiary/aromatic N) is 2. The summed E-state index contributed by atoms with van der Waals surface area (Å²) in [4.78, 5) is 16.6. The van der Waals surface area contributed by atoms with Crippen molar-refractivity contribution < 1.29 is 9.53 Å². The Hall–Kier alpha value is -2.92. The molecule has 1 fully saturated rings. The Balaban J connectivity index is 1.44. The van der Waals surface area contributed by atoms with E-state index in [2.05, 4.69) is 27.6 Å². The highest BCUT2D eigenvalue weighted by Gasteiger charge is 2.43. The molecular weight excluding hydrogens is 362 g/mol. The minimum atomic E-state index is -0.0772. The average molecular weight is 380 g/mol. The lowest BCUT2D eigenvalue weighted by Crippen LogP contribution is -2.20. The van der Waals surface area contributed by atoms with E-state index < -0.39 is 0 Å². The second kappa shape index (κ2) is 7.37. The number of nitrogens with one attached hydrogen (secondary N) is 1. The van der Waals surface area contributed by atoms with Crippen molar-refractivity contribution >= 4 is 34.6 Å². The molecular formula is C21H18ClN3O2. The van der Waals surface area contributed by atoms with Gasteiger partial charge >= 0.3 is 0 Å². The second-order valence-corrected chi connectivity index (χ2v) is 6.88. The first-order chi connectivity index (χ1) is 13.2. The quantitative estimate of drug-likeness (QED) is 0.411. The number of fused-ring (bicyclic) bond motifs is 1. The summed E-state index contributed by atoms with van der Waals surface area (Å²) in [6.07, 6.45) is 2.37. The topological polar surface area (TPSA) is 63.6 Å². The van der Waals surface area contributed by atoms with Gasteiger partial charge in [-0.1, -0.05) is 41.9 Å². The molecule has 0 radical (unpaired) electrons. The number of hydrazone groups is 1. The van der Waals surface area contributed by atoms with Crippen LogP contribution in [0, 0.1) is 5.92 Å². The van der Waals surface area contributed by atoms with E-state index in [1.165, 1.54) is 11.8 Å². The predicted octanol–water partition coefficient (Wildman–Crippen LogP) is 4.15. The fourth-order valence-corrected chi connectivity index (χ4v) is 3.36. The van der Waals surface area contributed by atoms with E-state index in [0.29, 0.717) is 10.7 Å². The van der Waals surface area contributed by atoms with Crippen LogP contribution in [0.5, 0.6) is 5.75 Å². The number of hydrogen-bond donors (Lipinski definition) is 1. The zero-order chi connectivity index (χ0) is 18.8. The third-order valence-corrected chi connectivity index (χ3v) is 5.04. The minimum absolute atomic E-state index is 0.0287. The van der Waals surface area contributed by atoms with Crippen molar-refractivity contribution in [3.63, 3.8) is 0 Å². The van der Waals surface area contributed by atoms with Gasteiger partial charge in [0.25, 0.3) is 0 Å². The van der Waals surface area contributed by atoms with Crippen molar-refractivity contribution in [1.29, 1.82) is 0 Å². The van der Waals surface area contributed by atoms with Crippen molar-refractivity contribution in [3.05, 3.63) is 70.9 Å². The highest BCUT2D eigenvalue weighted by Crippen LogP contribution is 2.47. The Labute approximate surface area is 162 Å². The first-order valence-corrected chi connectivity index (χ1v) is 9.05. The van der Waals surface area contributed by atoms with Gasteiger partial charge in [0.2, 0.25) is 5.91 Å². The number of carbonyl (C=O) groups excluding carboxylic acids is 1. The number of rotatable bonds is 5. The maximum Gasteiger partial charge on any atom is 0.243 e. The summed E-state index contributed by atoms with van der Waals surface area (Å²) >= 11 is 6.22. The van der Waals surface area contributed by atoms with E-state index in [1.807, 2.05) is 42.5 Å². The molecule has 1 heterocycles. The molecule has 4 rings (SSSR count). The number of amides is 1. The first kappa shape index (κ1) is 17.5. The molecule has 1 aromatic heterocycles. The summed E-state index contributed by atoms with van der Waals surface area (Å²) in [5.74, 6) is 0.911. The molecule has 2 aromatic carbocycles. The van der Waals surface area contributed by atoms with Crippen LogP contribution in [0.3, 0.4) is 0 Å². The van der Waals surface area contributed by atoms with E-state index in [0.717, 1.165) is 23.1 Å². The molecule has 1 N–H and O–H groups in total. The van der Waals surface area contributed by atoms with Crippen LogP contribution in [0.25, 0.3) is 10.9 Å². The maximum atomic E-state index is 12.3. The number of benzene rings is 2. The zero-order valence-electron chi connectivity index (χ0n) is 14.7. The molecule has 1 saturated carbocycles. The molecule has 5 nitrogen and oxygen atoms in total. The number of hydrogen-bond acceptors (Lipinski definition) is 4. The van der Waals surface area contributed by atoms with Crippen LogP contribution < -0.4 is 10.2 Å². The Kier molecular flexibility index (Phi) is 4.77. The average Bonchev–Trinajstić information content (AvgIpc) is 3.49. The molecule has 0 saturated heterocycles. The monoisotopic (exact) mass is 379 g/mol. The van der Waals surface area contributed by atoms with Gasteiger partial charge in [-0.15, -0.1) is 0 Å². The van der Waals surface area contributed by atoms with Crippen molar-refractivity contribution in [2.24, 2.45) is 11.0 Å². The van der Waals surface area contributed by atoms with Crippen LogP contribution in [0.15, 0.2) is 59.7 Å². The number of halogens is 1. The van der Waals surface area contributed by atoms with Crippen molar-refractivity contribution in [1.82, 2.24) is 10.4 Å². The van der Waals surface area contributed by atoms with Gasteiger partial charge in [-0.25, -0.2) is 10.4 Å². The van der Waals surface area contributed by atoms with E-state index in [4.69, 9.17) is 16.3 Å². The highest BCUT2D eigenvalue weighted by atomic mass is 35.5. The summed E-state index contributed by atoms with van der Waals surface area (Å²) in [6, 6.07) is 17.5. The summed E-state index contributed by atoms with van der Waals surface area (Å²) in [7, 11) is 1.61. The number of methoxy groups -OCH3 is 1. The van der Waals surface area contributed by atoms with Crippen LogP contribution in [-0.2, 0) is 4.79 Å². The summed E-state index contributed by atoms with van der Waals surface area (Å²) in [5, 5.41) is 5.28. The Bertz CT molecular complexity index is 1020. The van der Waals surface area contributed by atoms with E-state index >= 15 is 0 Å². The Morgan fingerprint density at radius 1 is 1.26 bits per heavy atom. The van der Waals surface area contributed by atoms with Gasteiger partial charge in [0.05, 0.1) is 18.8 Å². The van der Waals surface area contributed by atoms with E-state index in [1.54, 1.807) is 7.11 Å². The molecule has 1 aliphatic carbocycles. The van der Waals surface area contributed by atoms with Gasteiger partial charge < -0.3 is 4.74 Å². The standard InChI is InChI=1S/C21H18ClN3O2/c1-27-16-7-8-19-14(10-16)9-15(20(22)24-19)12-23-25-21(26)18-11-17(18)13-5-3-2-4-6-13/h2-10,12,17-18H,11H2,1H3,(H,25,26)/b23-12-/t17-,18+/m1/s1. The third-order valence-electron chi connectivity index (χ3n) is 4.74. The first-order valence-electron chi connectivity index (χ1n) is 8.68. The number of pyridine rings is 1. The molecule has 1 amide bonds. The number of aromatic nitrogens is 1. The van der Waals surface area contributed by atoms with Crippen LogP contribution in [0.2, 0.25) is 5.15 Å². The molecule has 3 aromatic rings. The molecule has 0 bridgehead atoms. The normalized spacial score (nSPS) is 18.6. The summed E-state index contributed by atoms with van der Waals surface area (Å²) in [5.41, 5.74) is 5.20. The lowest BCUT2D eigenvalue weighted by molar-refractivity contribution is -0.122. The van der Waals surface area contributed by atoms with Gasteiger partial charge in [-0.05, 0) is 42.2 Å². The second-order valence-electron chi connectivity index (χ2n) is 6.52. The lowest BCUT2D eigenvalue weighted by atomic mass is 10.1. The lowest BCUT2D eigenvalue weighted by Gasteiger charge is -2.05. The molecule has 0 unspecified atom stereocenters. The Morgan fingerprint density at radius 2 is 2.07 bits per heavy atom. The van der Waals surface area contributed by atoms with Gasteiger partial charge in [-0.3, -0.25) is 4.79 Å². The minimum Gasteiger partial charge on any atom is -0.497 e. The molecule has 1 aliphatic rings. The molecule has 2 atom stereocenters. The fourth-order valence-electron chi connectivity index (χ4n) is 3.17. The molecule has 136 valence electrons. The van der Waals surface area contributed by atoms with Crippen LogP contribution >= 0.6 is 11.6 Å². The van der Waals surface area contributed by atoms with Crippen LogP contribution in [0.4, 0.5) is 0 Å². The highest BCUT2D eigenvalue weighted by molar-refractivity contribution is 6.32. The van der Waals surface area contributed by atoms with Crippen molar-refractivity contribution in [3.8, 4) is 5.75 Å². The smallest absolute Gasteiger partial charge is 0.243 e.